The Labute approximate surface area is 118 Å². The predicted octanol–water partition coefficient (Wildman–Crippen LogP) is 2.36. The summed E-state index contributed by atoms with van der Waals surface area (Å²) in [7, 11) is 4.67. The van der Waals surface area contributed by atoms with Crippen LogP contribution >= 0.6 is 0 Å². The van der Waals surface area contributed by atoms with E-state index in [1.54, 1.807) is 20.3 Å². The van der Waals surface area contributed by atoms with Crippen molar-refractivity contribution >= 4 is 5.97 Å². The average Bonchev–Trinajstić information content (AvgIpc) is 2.38. The molecule has 0 heterocycles. The maximum Gasteiger partial charge on any atom is 0.314 e. The smallest absolute Gasteiger partial charge is 0.314 e. The van der Waals surface area contributed by atoms with Gasteiger partial charge in [0.2, 0.25) is 0 Å². The number of hydrogen-bond donors (Lipinski definition) is 1. The molecule has 1 aliphatic rings. The van der Waals surface area contributed by atoms with Crippen LogP contribution in [0.1, 0.15) is 30.4 Å². The Morgan fingerprint density at radius 1 is 1.25 bits per heavy atom. The van der Waals surface area contributed by atoms with Crippen LogP contribution in [0.5, 0.6) is 11.5 Å². The molecular weight excluding hydrogens is 260 g/mol. The maximum atomic E-state index is 11.8. The molecule has 0 aliphatic heterocycles. The topological polar surface area (TPSA) is 65.0 Å². The molecule has 0 amide bonds. The van der Waals surface area contributed by atoms with E-state index in [-0.39, 0.29) is 0 Å². The van der Waals surface area contributed by atoms with Gasteiger partial charge in [0.05, 0.1) is 26.2 Å². The van der Waals surface area contributed by atoms with Crippen molar-refractivity contribution < 1.29 is 24.1 Å². The van der Waals surface area contributed by atoms with Gasteiger partial charge in [0, 0.05) is 12.7 Å². The summed E-state index contributed by atoms with van der Waals surface area (Å²) in [6.45, 7) is 0.352. The van der Waals surface area contributed by atoms with Crippen molar-refractivity contribution in [2.45, 2.75) is 31.3 Å². The highest BCUT2D eigenvalue weighted by atomic mass is 16.5. The van der Waals surface area contributed by atoms with Gasteiger partial charge in [-0.2, -0.15) is 0 Å². The third-order valence-electron chi connectivity index (χ3n) is 4.03. The SMILES string of the molecule is COCc1ccc(OC)c(OC)c1C1(C(=O)O)CCC1. The van der Waals surface area contributed by atoms with Crippen molar-refractivity contribution in [3.63, 3.8) is 0 Å². The van der Waals surface area contributed by atoms with Gasteiger partial charge < -0.3 is 19.3 Å². The van der Waals surface area contributed by atoms with Crippen LogP contribution in [0, 0.1) is 0 Å². The van der Waals surface area contributed by atoms with Crippen molar-refractivity contribution in [3.8, 4) is 11.5 Å². The van der Waals surface area contributed by atoms with E-state index < -0.39 is 11.4 Å². The Kier molecular flexibility index (Phi) is 4.18. The Morgan fingerprint density at radius 2 is 1.95 bits per heavy atom. The minimum atomic E-state index is -0.881. The van der Waals surface area contributed by atoms with Crippen LogP contribution in [0.4, 0.5) is 0 Å². The summed E-state index contributed by atoms with van der Waals surface area (Å²) < 4.78 is 15.9. The molecule has 0 saturated heterocycles. The van der Waals surface area contributed by atoms with Crippen LogP contribution in [0.15, 0.2) is 12.1 Å². The Balaban J connectivity index is 2.66. The molecule has 0 aromatic heterocycles. The largest absolute Gasteiger partial charge is 0.493 e. The molecule has 1 aliphatic carbocycles. The molecule has 1 N–H and O–H groups in total. The van der Waals surface area contributed by atoms with Crippen LogP contribution < -0.4 is 9.47 Å². The van der Waals surface area contributed by atoms with E-state index in [0.717, 1.165) is 12.0 Å². The number of aliphatic carboxylic acids is 1. The second kappa shape index (κ2) is 5.71. The first-order chi connectivity index (χ1) is 9.60. The molecule has 1 fully saturated rings. The van der Waals surface area contributed by atoms with E-state index in [9.17, 15) is 9.90 Å². The van der Waals surface area contributed by atoms with E-state index in [1.165, 1.54) is 7.11 Å². The molecule has 0 spiro atoms. The van der Waals surface area contributed by atoms with E-state index in [1.807, 2.05) is 6.07 Å². The highest BCUT2D eigenvalue weighted by Crippen LogP contribution is 2.51. The molecule has 1 saturated carbocycles. The van der Waals surface area contributed by atoms with Crippen molar-refractivity contribution in [3.05, 3.63) is 23.3 Å². The van der Waals surface area contributed by atoms with Crippen LogP contribution in [-0.4, -0.2) is 32.4 Å². The van der Waals surface area contributed by atoms with Crippen LogP contribution in [0.25, 0.3) is 0 Å². The number of rotatable bonds is 6. The van der Waals surface area contributed by atoms with Crippen molar-refractivity contribution in [2.75, 3.05) is 21.3 Å². The van der Waals surface area contributed by atoms with Crippen LogP contribution in [-0.2, 0) is 21.6 Å². The fourth-order valence-corrected chi connectivity index (χ4v) is 2.87. The van der Waals surface area contributed by atoms with Gasteiger partial charge in [-0.05, 0) is 24.5 Å². The Hall–Kier alpha value is -1.75. The first kappa shape index (κ1) is 14.7. The fourth-order valence-electron chi connectivity index (χ4n) is 2.87. The first-order valence-electron chi connectivity index (χ1n) is 6.57. The summed E-state index contributed by atoms with van der Waals surface area (Å²) in [5.74, 6) is 0.242. The summed E-state index contributed by atoms with van der Waals surface area (Å²) in [6.07, 6.45) is 2.13. The predicted molar refractivity (Wildman–Crippen MR) is 73.4 cm³/mol. The molecule has 1 aromatic rings. The van der Waals surface area contributed by atoms with Gasteiger partial charge in [0.15, 0.2) is 11.5 Å². The van der Waals surface area contributed by atoms with E-state index in [4.69, 9.17) is 14.2 Å². The minimum Gasteiger partial charge on any atom is -0.493 e. The van der Waals surface area contributed by atoms with Crippen LogP contribution in [0.3, 0.4) is 0 Å². The van der Waals surface area contributed by atoms with Crippen molar-refractivity contribution in [1.29, 1.82) is 0 Å². The number of hydrogen-bond acceptors (Lipinski definition) is 4. The van der Waals surface area contributed by atoms with E-state index in [2.05, 4.69) is 0 Å². The zero-order valence-corrected chi connectivity index (χ0v) is 12.1. The highest BCUT2D eigenvalue weighted by Gasteiger charge is 2.49. The van der Waals surface area contributed by atoms with Crippen molar-refractivity contribution in [1.82, 2.24) is 0 Å². The lowest BCUT2D eigenvalue weighted by Gasteiger charge is -2.40. The summed E-state index contributed by atoms with van der Waals surface area (Å²) in [5.41, 5.74) is 0.653. The van der Waals surface area contributed by atoms with Gasteiger partial charge >= 0.3 is 5.97 Å². The molecule has 110 valence electrons. The molecule has 20 heavy (non-hydrogen) atoms. The molecular formula is C15H20O5. The lowest BCUT2D eigenvalue weighted by atomic mass is 9.63. The molecule has 5 nitrogen and oxygen atoms in total. The second-order valence-corrected chi connectivity index (χ2v) is 5.01. The zero-order valence-electron chi connectivity index (χ0n) is 12.1. The third-order valence-corrected chi connectivity index (χ3v) is 4.03. The van der Waals surface area contributed by atoms with Gasteiger partial charge in [0.25, 0.3) is 0 Å². The monoisotopic (exact) mass is 280 g/mol. The minimum absolute atomic E-state index is 0.352. The molecule has 0 radical (unpaired) electrons. The van der Waals surface area contributed by atoms with Gasteiger partial charge in [-0.15, -0.1) is 0 Å². The number of methoxy groups -OCH3 is 3. The van der Waals surface area contributed by atoms with Gasteiger partial charge in [-0.3, -0.25) is 4.79 Å². The zero-order chi connectivity index (χ0) is 14.8. The number of ether oxygens (including phenoxy) is 3. The van der Waals surface area contributed by atoms with E-state index >= 15 is 0 Å². The number of carbonyl (C=O) groups is 1. The number of carboxylic acid groups (broad SMARTS) is 1. The summed E-state index contributed by atoms with van der Waals surface area (Å²) in [5, 5.41) is 9.68. The quantitative estimate of drug-likeness (QED) is 0.866. The van der Waals surface area contributed by atoms with Gasteiger partial charge in [0.1, 0.15) is 0 Å². The number of carboxylic acids is 1. The van der Waals surface area contributed by atoms with Crippen molar-refractivity contribution in [2.24, 2.45) is 0 Å². The lowest BCUT2D eigenvalue weighted by Crippen LogP contribution is -2.43. The summed E-state index contributed by atoms with van der Waals surface area (Å²) in [4.78, 5) is 11.8. The summed E-state index contributed by atoms with van der Waals surface area (Å²) >= 11 is 0. The molecule has 0 bridgehead atoms. The molecule has 0 atom stereocenters. The highest BCUT2D eigenvalue weighted by molar-refractivity contribution is 5.85. The number of benzene rings is 1. The summed E-state index contributed by atoms with van der Waals surface area (Å²) in [6, 6.07) is 3.63. The second-order valence-electron chi connectivity index (χ2n) is 5.01. The first-order valence-corrected chi connectivity index (χ1v) is 6.57. The lowest BCUT2D eigenvalue weighted by molar-refractivity contribution is -0.147. The van der Waals surface area contributed by atoms with E-state index in [0.29, 0.717) is 36.5 Å². The fraction of sp³-hybridized carbons (Fsp3) is 0.533. The molecule has 0 unspecified atom stereocenters. The Bertz CT molecular complexity index is 505. The van der Waals surface area contributed by atoms with Gasteiger partial charge in [-0.25, -0.2) is 0 Å². The van der Waals surface area contributed by atoms with Gasteiger partial charge in [-0.1, -0.05) is 12.5 Å². The Morgan fingerprint density at radius 3 is 2.35 bits per heavy atom. The standard InChI is InChI=1S/C15H20O5/c1-18-9-10-5-6-11(19-2)13(20-3)12(10)15(14(16)17)7-4-8-15/h5-6H,4,7-9H2,1-3H3,(H,16,17). The maximum absolute atomic E-state index is 11.8. The average molecular weight is 280 g/mol. The molecule has 1 aromatic carbocycles. The third kappa shape index (κ3) is 2.12. The molecule has 2 rings (SSSR count). The van der Waals surface area contributed by atoms with Crippen LogP contribution in [0.2, 0.25) is 0 Å². The normalized spacial score (nSPS) is 16.4. The molecule has 5 heteroatoms.